The smallest absolute Gasteiger partial charge is 0.201 e. The molecule has 0 N–H and O–H groups in total. The van der Waals surface area contributed by atoms with Crippen molar-refractivity contribution in [2.75, 3.05) is 6.61 Å². The molecule has 0 aliphatic carbocycles. The van der Waals surface area contributed by atoms with Crippen LogP contribution in [0.15, 0.2) is 33.5 Å². The third kappa shape index (κ3) is 1.85. The molecule has 0 spiro atoms. The normalized spacial score (nSPS) is 13.2. The number of hydrogen-bond donors (Lipinski definition) is 0. The third-order valence-corrected chi connectivity index (χ3v) is 3.69. The van der Waals surface area contributed by atoms with E-state index in [0.29, 0.717) is 33.2 Å². The van der Waals surface area contributed by atoms with Crippen molar-refractivity contribution in [2.45, 2.75) is 6.42 Å². The fourth-order valence-corrected chi connectivity index (χ4v) is 2.70. The van der Waals surface area contributed by atoms with E-state index in [4.69, 9.17) is 20.8 Å². The molecule has 0 atom stereocenters. The van der Waals surface area contributed by atoms with Crippen LogP contribution >= 0.6 is 27.5 Å². The molecule has 0 saturated heterocycles. The second kappa shape index (κ2) is 4.44. The van der Waals surface area contributed by atoms with Gasteiger partial charge in [-0.1, -0.05) is 11.6 Å². The Hall–Kier alpha value is -1.26. The van der Waals surface area contributed by atoms with E-state index < -0.39 is 0 Å². The zero-order valence-corrected chi connectivity index (χ0v) is 11.5. The Balaban J connectivity index is 2.13. The van der Waals surface area contributed by atoms with Crippen molar-refractivity contribution in [2.24, 2.45) is 0 Å². The van der Waals surface area contributed by atoms with E-state index in [2.05, 4.69) is 15.9 Å². The van der Waals surface area contributed by atoms with E-state index >= 15 is 0 Å². The highest BCUT2D eigenvalue weighted by Crippen LogP contribution is 2.35. The predicted molar refractivity (Wildman–Crippen MR) is 70.5 cm³/mol. The average Bonchev–Trinajstić information content (AvgIpc) is 2.95. The average molecular weight is 328 g/mol. The summed E-state index contributed by atoms with van der Waals surface area (Å²) in [7, 11) is 0. The molecule has 1 aliphatic rings. The molecule has 0 radical (unpaired) electrons. The summed E-state index contributed by atoms with van der Waals surface area (Å²) in [6, 6.07) is 5.09. The molecule has 0 fully saturated rings. The molecule has 1 aromatic heterocycles. The first-order chi connectivity index (χ1) is 8.66. The van der Waals surface area contributed by atoms with Crippen molar-refractivity contribution in [1.29, 1.82) is 0 Å². The van der Waals surface area contributed by atoms with Crippen molar-refractivity contribution in [1.82, 2.24) is 0 Å². The van der Waals surface area contributed by atoms with Crippen LogP contribution in [0.4, 0.5) is 0 Å². The molecule has 2 heterocycles. The Kier molecular flexibility index (Phi) is 2.92. The van der Waals surface area contributed by atoms with Crippen molar-refractivity contribution >= 4 is 33.3 Å². The molecule has 18 heavy (non-hydrogen) atoms. The first-order valence-corrected chi connectivity index (χ1v) is 6.57. The highest BCUT2D eigenvalue weighted by atomic mass is 79.9. The highest BCUT2D eigenvalue weighted by molar-refractivity contribution is 9.10. The molecule has 0 saturated carbocycles. The van der Waals surface area contributed by atoms with Crippen LogP contribution in [-0.4, -0.2) is 12.4 Å². The van der Waals surface area contributed by atoms with Crippen LogP contribution in [0.2, 0.25) is 5.02 Å². The largest absolute Gasteiger partial charge is 0.492 e. The lowest BCUT2D eigenvalue weighted by atomic mass is 10.0. The summed E-state index contributed by atoms with van der Waals surface area (Å²) >= 11 is 9.23. The van der Waals surface area contributed by atoms with Crippen LogP contribution in [0.1, 0.15) is 21.5 Å². The number of rotatable bonds is 2. The fraction of sp³-hybridized carbons (Fsp3) is 0.154. The van der Waals surface area contributed by atoms with E-state index in [1.165, 1.54) is 6.26 Å². The number of ketones is 1. The Morgan fingerprint density at radius 2 is 2.17 bits per heavy atom. The van der Waals surface area contributed by atoms with Crippen molar-refractivity contribution < 1.29 is 13.9 Å². The standard InChI is InChI=1S/C13H8BrClO3/c14-13-9(2-4-18-13)11(16)10-6-8(15)5-7-1-3-17-12(7)10/h2,4-6H,1,3H2. The molecule has 1 aromatic carbocycles. The SMILES string of the molecule is O=C(c1ccoc1Br)c1cc(Cl)cc2c1OCC2. The van der Waals surface area contributed by atoms with Crippen molar-refractivity contribution in [3.8, 4) is 5.75 Å². The number of benzene rings is 1. The first-order valence-electron chi connectivity index (χ1n) is 5.39. The Labute approximate surface area is 117 Å². The Morgan fingerprint density at radius 3 is 2.89 bits per heavy atom. The number of ether oxygens (including phenoxy) is 1. The van der Waals surface area contributed by atoms with Gasteiger partial charge in [-0.05, 0) is 39.7 Å². The summed E-state index contributed by atoms with van der Waals surface area (Å²) in [4.78, 5) is 12.4. The van der Waals surface area contributed by atoms with Gasteiger partial charge in [-0.2, -0.15) is 0 Å². The molecule has 0 unspecified atom stereocenters. The quantitative estimate of drug-likeness (QED) is 0.786. The molecule has 5 heteroatoms. The van der Waals surface area contributed by atoms with Gasteiger partial charge in [-0.15, -0.1) is 0 Å². The lowest BCUT2D eigenvalue weighted by Crippen LogP contribution is -2.03. The second-order valence-corrected chi connectivity index (χ2v) is 5.13. The molecular weight excluding hydrogens is 319 g/mol. The van der Waals surface area contributed by atoms with Gasteiger partial charge in [0.2, 0.25) is 5.78 Å². The van der Waals surface area contributed by atoms with Crippen LogP contribution in [-0.2, 0) is 6.42 Å². The van der Waals surface area contributed by atoms with Crippen LogP contribution in [0, 0.1) is 0 Å². The molecule has 92 valence electrons. The van der Waals surface area contributed by atoms with Gasteiger partial charge in [0, 0.05) is 11.4 Å². The summed E-state index contributed by atoms with van der Waals surface area (Å²) in [5.41, 5.74) is 1.93. The maximum atomic E-state index is 12.4. The van der Waals surface area contributed by atoms with E-state index in [9.17, 15) is 4.79 Å². The van der Waals surface area contributed by atoms with Gasteiger partial charge in [0.1, 0.15) is 5.75 Å². The zero-order valence-electron chi connectivity index (χ0n) is 9.20. The monoisotopic (exact) mass is 326 g/mol. The third-order valence-electron chi connectivity index (χ3n) is 2.86. The number of halogens is 2. The maximum Gasteiger partial charge on any atom is 0.201 e. The molecule has 2 aromatic rings. The van der Waals surface area contributed by atoms with Crippen LogP contribution in [0.25, 0.3) is 0 Å². The number of furan rings is 1. The molecule has 3 nitrogen and oxygen atoms in total. The lowest BCUT2D eigenvalue weighted by Gasteiger charge is -2.07. The minimum absolute atomic E-state index is 0.156. The summed E-state index contributed by atoms with van der Waals surface area (Å²) in [6.45, 7) is 0.586. The van der Waals surface area contributed by atoms with E-state index in [1.807, 2.05) is 6.07 Å². The second-order valence-electron chi connectivity index (χ2n) is 3.98. The number of fused-ring (bicyclic) bond motifs is 1. The van der Waals surface area contributed by atoms with Gasteiger partial charge in [-0.3, -0.25) is 4.79 Å². The van der Waals surface area contributed by atoms with Crippen molar-refractivity contribution in [3.05, 3.63) is 50.8 Å². The van der Waals surface area contributed by atoms with Gasteiger partial charge in [0.15, 0.2) is 4.67 Å². The molecule has 3 rings (SSSR count). The molecule has 0 bridgehead atoms. The fourth-order valence-electron chi connectivity index (χ4n) is 2.04. The minimum atomic E-state index is -0.156. The van der Waals surface area contributed by atoms with E-state index in [-0.39, 0.29) is 5.78 Å². The van der Waals surface area contributed by atoms with Crippen LogP contribution in [0.3, 0.4) is 0 Å². The van der Waals surface area contributed by atoms with Crippen LogP contribution in [0.5, 0.6) is 5.75 Å². The minimum Gasteiger partial charge on any atom is -0.492 e. The molecule has 0 amide bonds. The van der Waals surface area contributed by atoms with Gasteiger partial charge >= 0.3 is 0 Å². The first kappa shape index (κ1) is 11.8. The number of hydrogen-bond acceptors (Lipinski definition) is 3. The summed E-state index contributed by atoms with van der Waals surface area (Å²) < 4.78 is 11.0. The van der Waals surface area contributed by atoms with Gasteiger partial charge in [0.25, 0.3) is 0 Å². The number of carbonyl (C=O) groups is 1. The molecule has 1 aliphatic heterocycles. The Bertz CT molecular complexity index is 633. The Morgan fingerprint density at radius 1 is 1.33 bits per heavy atom. The summed E-state index contributed by atoms with van der Waals surface area (Å²) in [6.07, 6.45) is 2.24. The predicted octanol–water partition coefficient (Wildman–Crippen LogP) is 3.86. The van der Waals surface area contributed by atoms with E-state index in [1.54, 1.807) is 12.1 Å². The van der Waals surface area contributed by atoms with Crippen LogP contribution < -0.4 is 4.74 Å². The van der Waals surface area contributed by atoms with Gasteiger partial charge < -0.3 is 9.15 Å². The maximum absolute atomic E-state index is 12.4. The van der Waals surface area contributed by atoms with Gasteiger partial charge in [0.05, 0.1) is 24.0 Å². The van der Waals surface area contributed by atoms with Gasteiger partial charge in [-0.25, -0.2) is 0 Å². The topological polar surface area (TPSA) is 39.4 Å². The molecular formula is C13H8BrClO3. The summed E-state index contributed by atoms with van der Waals surface area (Å²) in [5.74, 6) is 0.480. The zero-order chi connectivity index (χ0) is 12.7. The highest BCUT2D eigenvalue weighted by Gasteiger charge is 2.24. The lowest BCUT2D eigenvalue weighted by molar-refractivity contribution is 0.103. The van der Waals surface area contributed by atoms with Crippen molar-refractivity contribution in [3.63, 3.8) is 0 Å². The summed E-state index contributed by atoms with van der Waals surface area (Å²) in [5, 5.41) is 0.544. The van der Waals surface area contributed by atoms with E-state index in [0.717, 1.165) is 12.0 Å². The number of carbonyl (C=O) groups excluding carboxylic acids is 1.